The lowest BCUT2D eigenvalue weighted by Crippen LogP contribution is -2.29. The molecule has 0 saturated carbocycles. The fraction of sp³-hybridized carbons (Fsp3) is 0.500. The molecule has 2 rings (SSSR count). The minimum absolute atomic E-state index is 0.0138. The summed E-state index contributed by atoms with van der Waals surface area (Å²) in [6.07, 6.45) is 2.84. The standard InChI is InChI=1S/C12H15NO3/c1-2-12(16)7-8(14)3-4-9-10(12)5-6-13-11(9)15/h5-6,16H,2-4,7H2,1H3,(H,13,15). The predicted molar refractivity (Wildman–Crippen MR) is 59.2 cm³/mol. The SMILES string of the molecule is CCC1(O)CC(=O)CCc2c1cc[nH]c2=O. The number of aromatic nitrogens is 1. The Morgan fingerprint density at radius 3 is 2.88 bits per heavy atom. The summed E-state index contributed by atoms with van der Waals surface area (Å²) in [5, 5.41) is 10.4. The first-order valence-corrected chi connectivity index (χ1v) is 5.52. The third-order valence-electron chi connectivity index (χ3n) is 3.29. The molecule has 0 amide bonds. The fourth-order valence-corrected chi connectivity index (χ4v) is 2.28. The van der Waals surface area contributed by atoms with Gasteiger partial charge in [0.2, 0.25) is 0 Å². The molecule has 0 saturated heterocycles. The number of rotatable bonds is 1. The molecule has 1 aliphatic carbocycles. The highest BCUT2D eigenvalue weighted by Crippen LogP contribution is 2.33. The third kappa shape index (κ3) is 1.69. The van der Waals surface area contributed by atoms with E-state index >= 15 is 0 Å². The molecule has 4 nitrogen and oxygen atoms in total. The van der Waals surface area contributed by atoms with Crippen LogP contribution in [0.15, 0.2) is 17.1 Å². The number of hydrogen-bond donors (Lipinski definition) is 2. The van der Waals surface area contributed by atoms with Crippen molar-refractivity contribution in [3.05, 3.63) is 33.7 Å². The quantitative estimate of drug-likeness (QED) is 0.691. The number of aliphatic hydroxyl groups is 1. The molecule has 16 heavy (non-hydrogen) atoms. The lowest BCUT2D eigenvalue weighted by Gasteiger charge is -2.26. The molecule has 1 heterocycles. The van der Waals surface area contributed by atoms with E-state index in [0.717, 1.165) is 0 Å². The van der Waals surface area contributed by atoms with Gasteiger partial charge in [-0.2, -0.15) is 0 Å². The average Bonchev–Trinajstić information content (AvgIpc) is 2.38. The molecule has 2 N–H and O–H groups in total. The molecule has 0 aromatic carbocycles. The van der Waals surface area contributed by atoms with Gasteiger partial charge in [0, 0.05) is 24.6 Å². The number of carbonyl (C=O) groups excluding carboxylic acids is 1. The molecule has 0 radical (unpaired) electrons. The van der Waals surface area contributed by atoms with E-state index < -0.39 is 5.60 Å². The normalized spacial score (nSPS) is 25.0. The Morgan fingerprint density at radius 2 is 2.19 bits per heavy atom. The van der Waals surface area contributed by atoms with Crippen molar-refractivity contribution in [2.24, 2.45) is 0 Å². The summed E-state index contributed by atoms with van der Waals surface area (Å²) in [7, 11) is 0. The smallest absolute Gasteiger partial charge is 0.251 e. The molecule has 4 heteroatoms. The van der Waals surface area contributed by atoms with Gasteiger partial charge in [0.15, 0.2) is 0 Å². The van der Waals surface area contributed by atoms with Gasteiger partial charge in [-0.3, -0.25) is 9.59 Å². The molecular weight excluding hydrogens is 206 g/mol. The minimum atomic E-state index is -1.17. The van der Waals surface area contributed by atoms with Gasteiger partial charge < -0.3 is 10.1 Å². The van der Waals surface area contributed by atoms with E-state index in [4.69, 9.17) is 0 Å². The Hall–Kier alpha value is -1.42. The van der Waals surface area contributed by atoms with Crippen LogP contribution >= 0.6 is 0 Å². The van der Waals surface area contributed by atoms with Gasteiger partial charge in [0.1, 0.15) is 5.78 Å². The highest BCUT2D eigenvalue weighted by Gasteiger charge is 2.35. The Bertz CT molecular complexity index is 477. The number of aromatic amines is 1. The Kier molecular flexibility index (Phi) is 2.68. The zero-order valence-electron chi connectivity index (χ0n) is 9.25. The summed E-state index contributed by atoms with van der Waals surface area (Å²) in [5.41, 5.74) is -0.196. The second-order valence-electron chi connectivity index (χ2n) is 4.30. The van der Waals surface area contributed by atoms with Crippen LogP contribution in [-0.2, 0) is 16.8 Å². The molecule has 0 bridgehead atoms. The lowest BCUT2D eigenvalue weighted by molar-refractivity contribution is -0.124. The lowest BCUT2D eigenvalue weighted by atomic mass is 9.86. The monoisotopic (exact) mass is 221 g/mol. The number of hydrogen-bond acceptors (Lipinski definition) is 3. The zero-order valence-corrected chi connectivity index (χ0v) is 9.25. The summed E-state index contributed by atoms with van der Waals surface area (Å²) in [6.45, 7) is 1.82. The number of pyridine rings is 1. The zero-order chi connectivity index (χ0) is 11.8. The van der Waals surface area contributed by atoms with Gasteiger partial charge in [0.25, 0.3) is 5.56 Å². The number of Topliss-reactive ketones (excluding diaryl/α,β-unsaturated/α-hetero) is 1. The number of fused-ring (bicyclic) bond motifs is 1. The number of H-pyrrole nitrogens is 1. The fourth-order valence-electron chi connectivity index (χ4n) is 2.28. The van der Waals surface area contributed by atoms with Gasteiger partial charge in [-0.1, -0.05) is 6.92 Å². The molecule has 1 aliphatic rings. The second kappa shape index (κ2) is 3.87. The molecular formula is C12H15NO3. The van der Waals surface area contributed by atoms with E-state index in [1.54, 1.807) is 6.07 Å². The van der Waals surface area contributed by atoms with Crippen molar-refractivity contribution in [2.75, 3.05) is 0 Å². The molecule has 86 valence electrons. The summed E-state index contributed by atoms with van der Waals surface area (Å²) in [4.78, 5) is 25.8. The van der Waals surface area contributed by atoms with Crippen molar-refractivity contribution in [3.8, 4) is 0 Å². The van der Waals surface area contributed by atoms with E-state index in [0.29, 0.717) is 30.4 Å². The molecule has 0 aliphatic heterocycles. The molecule has 1 aromatic heterocycles. The van der Waals surface area contributed by atoms with E-state index in [1.807, 2.05) is 6.92 Å². The first kappa shape index (κ1) is 11.1. The van der Waals surface area contributed by atoms with Gasteiger partial charge in [-0.25, -0.2) is 0 Å². The van der Waals surface area contributed by atoms with Crippen molar-refractivity contribution >= 4 is 5.78 Å². The number of nitrogens with one attached hydrogen (secondary N) is 1. The van der Waals surface area contributed by atoms with Crippen molar-refractivity contribution in [1.29, 1.82) is 0 Å². The minimum Gasteiger partial charge on any atom is -0.385 e. The predicted octanol–water partition coefficient (Wildman–Crippen LogP) is 0.878. The Balaban J connectivity index is 2.63. The van der Waals surface area contributed by atoms with Crippen LogP contribution in [0.1, 0.15) is 37.3 Å². The van der Waals surface area contributed by atoms with E-state index in [-0.39, 0.29) is 17.8 Å². The largest absolute Gasteiger partial charge is 0.385 e. The van der Waals surface area contributed by atoms with Crippen LogP contribution < -0.4 is 5.56 Å². The summed E-state index contributed by atoms with van der Waals surface area (Å²) in [6, 6.07) is 1.71. The van der Waals surface area contributed by atoms with E-state index in [9.17, 15) is 14.7 Å². The van der Waals surface area contributed by atoms with Gasteiger partial charge in [-0.05, 0) is 24.5 Å². The highest BCUT2D eigenvalue weighted by molar-refractivity contribution is 5.80. The summed E-state index contributed by atoms with van der Waals surface area (Å²) < 4.78 is 0. The summed E-state index contributed by atoms with van der Waals surface area (Å²) >= 11 is 0. The second-order valence-corrected chi connectivity index (χ2v) is 4.30. The number of ketones is 1. The van der Waals surface area contributed by atoms with Crippen LogP contribution in [0.3, 0.4) is 0 Å². The van der Waals surface area contributed by atoms with Crippen molar-refractivity contribution in [1.82, 2.24) is 4.98 Å². The van der Waals surface area contributed by atoms with Crippen molar-refractivity contribution in [3.63, 3.8) is 0 Å². The van der Waals surface area contributed by atoms with Crippen LogP contribution in [0.2, 0.25) is 0 Å². The first-order valence-electron chi connectivity index (χ1n) is 5.52. The summed E-state index contributed by atoms with van der Waals surface area (Å²) in [5.74, 6) is 0.0138. The number of carbonyl (C=O) groups is 1. The van der Waals surface area contributed by atoms with Crippen LogP contribution in [0.4, 0.5) is 0 Å². The van der Waals surface area contributed by atoms with Crippen LogP contribution in [0.5, 0.6) is 0 Å². The Morgan fingerprint density at radius 1 is 1.44 bits per heavy atom. The topological polar surface area (TPSA) is 70.2 Å². The Labute approximate surface area is 93.3 Å². The first-order chi connectivity index (χ1) is 7.57. The van der Waals surface area contributed by atoms with E-state index in [1.165, 1.54) is 6.20 Å². The molecule has 0 fully saturated rings. The third-order valence-corrected chi connectivity index (χ3v) is 3.29. The maximum Gasteiger partial charge on any atom is 0.251 e. The van der Waals surface area contributed by atoms with Crippen LogP contribution in [0, 0.1) is 0 Å². The maximum atomic E-state index is 11.6. The molecule has 1 aromatic rings. The molecule has 1 atom stereocenters. The molecule has 0 spiro atoms. The highest BCUT2D eigenvalue weighted by atomic mass is 16.3. The maximum absolute atomic E-state index is 11.6. The molecule has 1 unspecified atom stereocenters. The van der Waals surface area contributed by atoms with Gasteiger partial charge in [-0.15, -0.1) is 0 Å². The van der Waals surface area contributed by atoms with Crippen LogP contribution in [-0.4, -0.2) is 15.9 Å². The van der Waals surface area contributed by atoms with Crippen molar-refractivity contribution < 1.29 is 9.90 Å². The van der Waals surface area contributed by atoms with E-state index in [2.05, 4.69) is 4.98 Å². The van der Waals surface area contributed by atoms with Gasteiger partial charge >= 0.3 is 0 Å². The average molecular weight is 221 g/mol. The van der Waals surface area contributed by atoms with Crippen molar-refractivity contribution in [2.45, 2.75) is 38.2 Å². The van der Waals surface area contributed by atoms with Gasteiger partial charge in [0.05, 0.1) is 5.60 Å². The van der Waals surface area contributed by atoms with Crippen LogP contribution in [0.25, 0.3) is 0 Å².